The number of methoxy groups -OCH3 is 1. The summed E-state index contributed by atoms with van der Waals surface area (Å²) in [6.07, 6.45) is 7.99. The van der Waals surface area contributed by atoms with Crippen LogP contribution in [-0.4, -0.2) is 24.5 Å². The Hall–Kier alpha value is -0.216. The van der Waals surface area contributed by atoms with Gasteiger partial charge in [-0.2, -0.15) is 0 Å². The minimum atomic E-state index is -0.556. The number of phenolic OH excluding ortho intramolecular Hbond substituents is 1. The second-order valence-electron chi connectivity index (χ2n) is 5.02. The van der Waals surface area contributed by atoms with Crippen LogP contribution in [0, 0.1) is 6.92 Å². The van der Waals surface area contributed by atoms with Crippen LogP contribution in [0.25, 0.3) is 0 Å². The van der Waals surface area contributed by atoms with Gasteiger partial charge in [0.25, 0.3) is 0 Å². The second-order valence-corrected chi connectivity index (χ2v) is 7.60. The van der Waals surface area contributed by atoms with E-state index in [2.05, 4.69) is 4.99 Å². The van der Waals surface area contributed by atoms with Crippen molar-refractivity contribution in [3.8, 4) is 11.5 Å². The van der Waals surface area contributed by atoms with Gasteiger partial charge >= 0.3 is 35.6 Å². The SMILES string of the molecule is COc1cc(C)c(O)c(C=NC2CCCCC2)c1.[Cl][Ti][Cl].[HH]. The first-order valence-corrected chi connectivity index (χ1v) is 11.3. The zero-order chi connectivity index (χ0) is 15.7. The molecule has 1 aromatic rings. The standard InChI is InChI=1S/C15H21NO2.2ClH.Ti.H2/c1-11-8-14(18-2)9-12(15(11)17)10-16-13-6-4-3-5-7-13;;;;/h8-10,13,17H,3-7H2,1-2H3;2*1H;;1H/q;;;+2;/p-2. The van der Waals surface area contributed by atoms with Crippen molar-refractivity contribution in [2.75, 3.05) is 7.11 Å². The molecule has 1 fully saturated rings. The summed E-state index contributed by atoms with van der Waals surface area (Å²) in [5, 5.41) is 10.0. The topological polar surface area (TPSA) is 41.8 Å². The van der Waals surface area contributed by atoms with Gasteiger partial charge in [-0.25, -0.2) is 0 Å². The molecule has 0 aromatic heterocycles. The van der Waals surface area contributed by atoms with Gasteiger partial charge in [-0.1, -0.05) is 19.3 Å². The van der Waals surface area contributed by atoms with E-state index in [1.807, 2.05) is 19.1 Å². The first-order valence-electron chi connectivity index (χ1n) is 6.99. The normalized spacial score (nSPS) is 15.4. The Balaban J connectivity index is 0.00000102. The fourth-order valence-corrected chi connectivity index (χ4v) is 2.40. The molecule has 0 saturated heterocycles. The van der Waals surface area contributed by atoms with Crippen LogP contribution in [0.4, 0.5) is 0 Å². The maximum Gasteiger partial charge on any atom is 0 e. The molecule has 6 heteroatoms. The van der Waals surface area contributed by atoms with Crippen LogP contribution < -0.4 is 4.74 Å². The van der Waals surface area contributed by atoms with Gasteiger partial charge in [0.05, 0.1) is 7.11 Å². The number of halogens is 2. The molecule has 0 aliphatic heterocycles. The zero-order valence-electron chi connectivity index (χ0n) is 12.4. The Kier molecular flexibility index (Phi) is 9.42. The average Bonchev–Trinajstić information content (AvgIpc) is 2.50. The number of rotatable bonds is 3. The average molecular weight is 368 g/mol. The van der Waals surface area contributed by atoms with Gasteiger partial charge in [-0.15, -0.1) is 0 Å². The summed E-state index contributed by atoms with van der Waals surface area (Å²) in [6, 6.07) is 4.08. The van der Waals surface area contributed by atoms with Crippen molar-refractivity contribution < 1.29 is 28.3 Å². The second kappa shape index (κ2) is 10.5. The molecule has 0 radical (unpaired) electrons. The minimum Gasteiger partial charge on any atom is 0 e. The first kappa shape index (κ1) is 18.8. The zero-order valence-corrected chi connectivity index (χ0v) is 15.5. The Morgan fingerprint density at radius 3 is 2.52 bits per heavy atom. The predicted octanol–water partition coefficient (Wildman–Crippen LogP) is 5.08. The molecular formula is C15H23Cl2NO2Ti. The van der Waals surface area contributed by atoms with E-state index >= 15 is 0 Å². The fourth-order valence-electron chi connectivity index (χ4n) is 2.40. The molecule has 1 saturated carbocycles. The summed E-state index contributed by atoms with van der Waals surface area (Å²) in [7, 11) is 11.4. The number of ether oxygens (including phenoxy) is 1. The van der Waals surface area contributed by atoms with Crippen molar-refractivity contribution in [1.29, 1.82) is 0 Å². The van der Waals surface area contributed by atoms with E-state index in [9.17, 15) is 5.11 Å². The summed E-state index contributed by atoms with van der Waals surface area (Å²) in [4.78, 5) is 4.59. The largest absolute Gasteiger partial charge is 0 e. The van der Waals surface area contributed by atoms with Crippen molar-refractivity contribution in [2.24, 2.45) is 4.99 Å². The van der Waals surface area contributed by atoms with Crippen LogP contribution in [0.2, 0.25) is 0 Å². The van der Waals surface area contributed by atoms with E-state index in [1.165, 1.54) is 32.1 Å². The van der Waals surface area contributed by atoms with E-state index in [0.29, 0.717) is 11.8 Å². The molecule has 0 unspecified atom stereocenters. The van der Waals surface area contributed by atoms with Crippen LogP contribution in [0.1, 0.15) is 44.7 Å². The third-order valence-corrected chi connectivity index (χ3v) is 3.54. The number of nitrogens with zero attached hydrogens (tertiary/aromatic N) is 1. The summed E-state index contributed by atoms with van der Waals surface area (Å²) < 4.78 is 5.21. The van der Waals surface area contributed by atoms with Gasteiger partial charge in [0.1, 0.15) is 11.5 Å². The number of hydrogen-bond donors (Lipinski definition) is 1. The van der Waals surface area contributed by atoms with Crippen molar-refractivity contribution in [3.63, 3.8) is 0 Å². The van der Waals surface area contributed by atoms with Crippen molar-refractivity contribution in [1.82, 2.24) is 0 Å². The predicted molar refractivity (Wildman–Crippen MR) is 87.7 cm³/mol. The Morgan fingerprint density at radius 1 is 1.33 bits per heavy atom. The summed E-state index contributed by atoms with van der Waals surface area (Å²) in [6.45, 7) is 1.87. The number of aliphatic imine (C=N–C) groups is 1. The van der Waals surface area contributed by atoms with E-state index < -0.39 is 17.0 Å². The molecule has 1 aliphatic rings. The Labute approximate surface area is 144 Å². The molecule has 0 amide bonds. The van der Waals surface area contributed by atoms with Gasteiger partial charge < -0.3 is 9.84 Å². The van der Waals surface area contributed by atoms with Crippen LogP contribution in [-0.2, 0) is 17.0 Å². The van der Waals surface area contributed by atoms with Gasteiger partial charge in [0, 0.05) is 19.2 Å². The van der Waals surface area contributed by atoms with Crippen LogP contribution in [0.5, 0.6) is 11.5 Å². The number of aryl methyl sites for hydroxylation is 1. The van der Waals surface area contributed by atoms with Gasteiger partial charge in [0.15, 0.2) is 0 Å². The number of aromatic hydroxyl groups is 1. The summed E-state index contributed by atoms with van der Waals surface area (Å²) in [5.41, 5.74) is 1.57. The molecule has 1 aromatic carbocycles. The van der Waals surface area contributed by atoms with E-state index in [-0.39, 0.29) is 1.43 Å². The van der Waals surface area contributed by atoms with Crippen molar-refractivity contribution in [3.05, 3.63) is 23.3 Å². The number of phenols is 1. The molecular weight excluding hydrogens is 345 g/mol. The molecule has 3 nitrogen and oxygen atoms in total. The maximum atomic E-state index is 10.0. The number of hydrogen-bond acceptors (Lipinski definition) is 3. The quantitative estimate of drug-likeness (QED) is 0.597. The molecule has 118 valence electrons. The maximum absolute atomic E-state index is 10.0. The fraction of sp³-hybridized carbons (Fsp3) is 0.533. The number of benzene rings is 1. The van der Waals surface area contributed by atoms with E-state index in [0.717, 1.165) is 16.9 Å². The Morgan fingerprint density at radius 2 is 1.95 bits per heavy atom. The minimum absolute atomic E-state index is 0. The third kappa shape index (κ3) is 6.60. The molecule has 0 heterocycles. The van der Waals surface area contributed by atoms with Gasteiger partial charge in [-0.3, -0.25) is 4.99 Å². The van der Waals surface area contributed by atoms with Crippen molar-refractivity contribution >= 4 is 24.8 Å². The Bertz CT molecular complexity index is 469. The van der Waals surface area contributed by atoms with Crippen LogP contribution in [0.15, 0.2) is 17.1 Å². The smallest absolute Gasteiger partial charge is 0 e. The molecule has 21 heavy (non-hydrogen) atoms. The third-order valence-electron chi connectivity index (χ3n) is 3.54. The molecule has 0 bridgehead atoms. The summed E-state index contributed by atoms with van der Waals surface area (Å²) >= 11 is -0.556. The molecule has 1 aliphatic carbocycles. The first-order chi connectivity index (χ1) is 10.1. The molecule has 0 atom stereocenters. The van der Waals surface area contributed by atoms with Crippen LogP contribution >= 0.6 is 18.6 Å². The molecule has 0 spiro atoms. The van der Waals surface area contributed by atoms with E-state index in [1.54, 1.807) is 13.3 Å². The van der Waals surface area contributed by atoms with Crippen molar-refractivity contribution in [2.45, 2.75) is 45.1 Å². The van der Waals surface area contributed by atoms with E-state index in [4.69, 9.17) is 23.3 Å². The molecule has 2 rings (SSSR count). The monoisotopic (exact) mass is 367 g/mol. The molecule has 1 N–H and O–H groups in total. The summed E-state index contributed by atoms with van der Waals surface area (Å²) in [5.74, 6) is 1.06. The van der Waals surface area contributed by atoms with Gasteiger partial charge in [0.2, 0.25) is 0 Å². The van der Waals surface area contributed by atoms with Gasteiger partial charge in [-0.05, 0) is 37.5 Å². The van der Waals surface area contributed by atoms with Crippen LogP contribution in [0.3, 0.4) is 0 Å².